The fraction of sp³-hybridized carbons (Fsp3) is 0.483. The van der Waals surface area contributed by atoms with E-state index >= 15 is 0 Å². The zero-order valence-corrected chi connectivity index (χ0v) is 23.6. The highest BCUT2D eigenvalue weighted by molar-refractivity contribution is 8.00. The molecule has 1 unspecified atom stereocenters. The summed E-state index contributed by atoms with van der Waals surface area (Å²) in [6, 6.07) is 11.7. The van der Waals surface area contributed by atoms with Gasteiger partial charge in [0.05, 0.1) is 11.1 Å². The Morgan fingerprint density at radius 3 is 2.53 bits per heavy atom. The molecule has 7 heteroatoms. The van der Waals surface area contributed by atoms with Crippen LogP contribution in [0.3, 0.4) is 0 Å². The molecule has 0 spiro atoms. The van der Waals surface area contributed by atoms with E-state index in [4.69, 9.17) is 27.9 Å². The van der Waals surface area contributed by atoms with Crippen molar-refractivity contribution in [2.24, 2.45) is 5.92 Å². The van der Waals surface area contributed by atoms with Crippen LogP contribution in [-0.2, 0) is 9.53 Å². The van der Waals surface area contributed by atoms with Crippen LogP contribution in [0.2, 0.25) is 10.0 Å². The fourth-order valence-corrected chi connectivity index (χ4v) is 6.35. The zero-order valence-electron chi connectivity index (χ0n) is 21.3. The third-order valence-electron chi connectivity index (χ3n) is 6.87. The van der Waals surface area contributed by atoms with Crippen LogP contribution in [0.1, 0.15) is 70.2 Å². The van der Waals surface area contributed by atoms with Crippen molar-refractivity contribution < 1.29 is 13.9 Å². The highest BCUT2D eigenvalue weighted by Crippen LogP contribution is 2.51. The molecule has 0 bridgehead atoms. The highest BCUT2D eigenvalue weighted by atomic mass is 35.5. The summed E-state index contributed by atoms with van der Waals surface area (Å²) in [6.45, 7) is 12.3. The van der Waals surface area contributed by atoms with Crippen molar-refractivity contribution in [1.82, 2.24) is 4.90 Å². The molecule has 1 aliphatic heterocycles. The molecule has 2 fully saturated rings. The van der Waals surface area contributed by atoms with E-state index in [0.29, 0.717) is 22.9 Å². The number of hydrogen-bond donors (Lipinski definition) is 0. The summed E-state index contributed by atoms with van der Waals surface area (Å²) in [7, 11) is 0. The summed E-state index contributed by atoms with van der Waals surface area (Å²) < 4.78 is 21.5. The molecule has 2 aliphatic rings. The number of rotatable bonds is 8. The molecule has 0 aromatic heterocycles. The van der Waals surface area contributed by atoms with Crippen LogP contribution < -0.4 is 0 Å². The van der Waals surface area contributed by atoms with Crippen LogP contribution in [0, 0.1) is 11.7 Å². The van der Waals surface area contributed by atoms with Crippen LogP contribution in [0.25, 0.3) is 0 Å². The summed E-state index contributed by atoms with van der Waals surface area (Å²) in [4.78, 5) is 16.3. The van der Waals surface area contributed by atoms with Crippen LogP contribution in [-0.4, -0.2) is 32.9 Å². The van der Waals surface area contributed by atoms with Gasteiger partial charge in [-0.15, -0.1) is 6.58 Å². The van der Waals surface area contributed by atoms with E-state index in [9.17, 15) is 9.18 Å². The second kappa shape index (κ2) is 10.7. The van der Waals surface area contributed by atoms with Gasteiger partial charge in [-0.3, -0.25) is 4.79 Å². The summed E-state index contributed by atoms with van der Waals surface area (Å²) in [6.07, 6.45) is 3.69. The molecule has 0 radical (unpaired) electrons. The first-order chi connectivity index (χ1) is 16.9. The highest BCUT2D eigenvalue weighted by Gasteiger charge is 2.54. The van der Waals surface area contributed by atoms with Crippen LogP contribution in [0.4, 0.5) is 4.39 Å². The van der Waals surface area contributed by atoms with E-state index in [1.54, 1.807) is 18.2 Å². The standard InChI is InChI=1S/C29H34Cl2FNO2S/c1-6-14-29(5)27(34)33(24(18-10-11-18)17-36-28(2,3)4)25(19-12-13-22(31)23(32)16-19)26(35-29)20-8-7-9-21(30)15-20/h6-9,12-13,15-16,18,24-26H,1,10-11,14,17H2,2-5H3/t24?,25-,26-,29-/m1/s1. The Hall–Kier alpha value is -1.53. The molecular formula is C29H34Cl2FNO2S. The van der Waals surface area contributed by atoms with Crippen LogP contribution in [0.5, 0.6) is 0 Å². The Balaban J connectivity index is 1.90. The van der Waals surface area contributed by atoms with Crippen molar-refractivity contribution in [2.45, 2.75) is 75.5 Å². The number of ether oxygens (including phenoxy) is 1. The molecule has 4 rings (SSSR count). The van der Waals surface area contributed by atoms with Gasteiger partial charge in [0.25, 0.3) is 5.91 Å². The second-order valence-electron chi connectivity index (χ2n) is 11.0. The lowest BCUT2D eigenvalue weighted by Gasteiger charge is -2.52. The van der Waals surface area contributed by atoms with E-state index in [2.05, 4.69) is 27.4 Å². The lowest BCUT2D eigenvalue weighted by Crippen LogP contribution is -2.61. The third-order valence-corrected chi connectivity index (χ3v) is 8.78. The summed E-state index contributed by atoms with van der Waals surface area (Å²) in [5.74, 6) is 0.582. The minimum absolute atomic E-state index is 0.0137. The van der Waals surface area contributed by atoms with Crippen molar-refractivity contribution in [1.29, 1.82) is 0 Å². The maximum atomic E-state index is 14.8. The molecule has 1 saturated carbocycles. The first-order valence-electron chi connectivity index (χ1n) is 12.4. The normalized spacial score (nSPS) is 25.6. The van der Waals surface area contributed by atoms with Crippen molar-refractivity contribution in [2.75, 3.05) is 5.75 Å². The average molecular weight is 551 g/mol. The Labute approximate surface area is 228 Å². The van der Waals surface area contributed by atoms with Crippen molar-refractivity contribution >= 4 is 40.9 Å². The van der Waals surface area contributed by atoms with Gasteiger partial charge in [0.2, 0.25) is 0 Å². The van der Waals surface area contributed by atoms with Crippen molar-refractivity contribution in [3.63, 3.8) is 0 Å². The van der Waals surface area contributed by atoms with Crippen molar-refractivity contribution in [3.05, 3.63) is 82.1 Å². The van der Waals surface area contributed by atoms with Gasteiger partial charge in [0.15, 0.2) is 0 Å². The van der Waals surface area contributed by atoms with E-state index in [-0.39, 0.29) is 21.7 Å². The molecule has 1 aliphatic carbocycles. The van der Waals surface area contributed by atoms with Gasteiger partial charge in [-0.1, -0.05) is 68.2 Å². The number of carbonyl (C=O) groups is 1. The molecule has 1 saturated heterocycles. The van der Waals surface area contributed by atoms with Gasteiger partial charge < -0.3 is 9.64 Å². The summed E-state index contributed by atoms with van der Waals surface area (Å²) >= 11 is 14.3. The largest absolute Gasteiger partial charge is 0.355 e. The fourth-order valence-electron chi connectivity index (χ4n) is 4.93. The third kappa shape index (κ3) is 5.96. The van der Waals surface area contributed by atoms with Gasteiger partial charge >= 0.3 is 0 Å². The van der Waals surface area contributed by atoms with Gasteiger partial charge in [-0.25, -0.2) is 4.39 Å². The number of thioether (sulfide) groups is 1. The molecule has 2 aromatic rings. The van der Waals surface area contributed by atoms with Gasteiger partial charge in [-0.05, 0) is 61.1 Å². The Kier molecular flexibility index (Phi) is 8.16. The van der Waals surface area contributed by atoms with E-state index in [1.807, 2.05) is 47.9 Å². The van der Waals surface area contributed by atoms with Crippen molar-refractivity contribution in [3.8, 4) is 0 Å². The zero-order chi connectivity index (χ0) is 26.3. The number of halogens is 3. The van der Waals surface area contributed by atoms with Gasteiger partial charge in [0.1, 0.15) is 17.5 Å². The SMILES string of the molecule is C=CC[C@@]1(C)O[C@H](c2cccc(Cl)c2)[C@@H](c2ccc(Cl)c(F)c2)N(C(CSC(C)(C)C)C2CC2)C1=O. The smallest absolute Gasteiger partial charge is 0.255 e. The predicted octanol–water partition coefficient (Wildman–Crippen LogP) is 8.42. The lowest BCUT2D eigenvalue weighted by molar-refractivity contribution is -0.202. The van der Waals surface area contributed by atoms with Gasteiger partial charge in [0, 0.05) is 28.0 Å². The molecule has 0 N–H and O–H groups in total. The summed E-state index contributed by atoms with van der Waals surface area (Å²) in [5.41, 5.74) is 0.395. The number of carbonyl (C=O) groups excluding carboxylic acids is 1. The predicted molar refractivity (Wildman–Crippen MR) is 148 cm³/mol. The lowest BCUT2D eigenvalue weighted by atomic mass is 9.85. The topological polar surface area (TPSA) is 29.5 Å². The van der Waals surface area contributed by atoms with Crippen LogP contribution in [0.15, 0.2) is 55.1 Å². The average Bonchev–Trinajstić information content (AvgIpc) is 3.63. The summed E-state index contributed by atoms with van der Waals surface area (Å²) in [5, 5.41) is 0.624. The first kappa shape index (κ1) is 27.5. The molecule has 2 aromatic carbocycles. The van der Waals surface area contributed by atoms with Crippen LogP contribution >= 0.6 is 35.0 Å². The number of benzene rings is 2. The Morgan fingerprint density at radius 2 is 1.94 bits per heavy atom. The Morgan fingerprint density at radius 1 is 1.22 bits per heavy atom. The number of hydrogen-bond acceptors (Lipinski definition) is 3. The minimum atomic E-state index is -1.10. The molecule has 1 heterocycles. The minimum Gasteiger partial charge on any atom is -0.355 e. The first-order valence-corrected chi connectivity index (χ1v) is 14.1. The van der Waals surface area contributed by atoms with E-state index < -0.39 is 23.6 Å². The quantitative estimate of drug-likeness (QED) is 0.309. The maximum Gasteiger partial charge on any atom is 0.255 e. The number of nitrogens with zero attached hydrogens (tertiary/aromatic N) is 1. The van der Waals surface area contributed by atoms with E-state index in [0.717, 1.165) is 24.2 Å². The number of morpholine rings is 1. The molecule has 4 atom stereocenters. The Bertz CT molecular complexity index is 1130. The van der Waals surface area contributed by atoms with Gasteiger partial charge in [-0.2, -0.15) is 11.8 Å². The molecule has 1 amide bonds. The molecular weight excluding hydrogens is 516 g/mol. The molecule has 194 valence electrons. The maximum absolute atomic E-state index is 14.8. The number of amides is 1. The second-order valence-corrected chi connectivity index (χ2v) is 13.7. The molecule has 3 nitrogen and oxygen atoms in total. The molecule has 36 heavy (non-hydrogen) atoms. The van der Waals surface area contributed by atoms with E-state index in [1.165, 1.54) is 6.07 Å². The monoisotopic (exact) mass is 549 g/mol.